The maximum absolute atomic E-state index is 13.0. The molecule has 5 heteroatoms. The molecule has 0 aromatic heterocycles. The van der Waals surface area contributed by atoms with Crippen LogP contribution in [0.5, 0.6) is 0 Å². The lowest BCUT2D eigenvalue weighted by molar-refractivity contribution is -0.119. The highest BCUT2D eigenvalue weighted by molar-refractivity contribution is 5.95. The SMILES string of the molecule is O=C(COC(=O)c1ccc2c(c1)CCC2)Nc1cccc(F)c1. The van der Waals surface area contributed by atoms with Crippen molar-refractivity contribution in [2.45, 2.75) is 19.3 Å². The molecule has 0 heterocycles. The topological polar surface area (TPSA) is 55.4 Å². The van der Waals surface area contributed by atoms with Gasteiger partial charge in [0.2, 0.25) is 0 Å². The molecule has 0 radical (unpaired) electrons. The number of nitrogens with one attached hydrogen (secondary N) is 1. The van der Waals surface area contributed by atoms with Crippen LogP contribution in [0.1, 0.15) is 27.9 Å². The van der Waals surface area contributed by atoms with E-state index in [2.05, 4.69) is 5.32 Å². The van der Waals surface area contributed by atoms with E-state index in [1.54, 1.807) is 12.1 Å². The van der Waals surface area contributed by atoms with Crippen molar-refractivity contribution >= 4 is 17.6 Å². The summed E-state index contributed by atoms with van der Waals surface area (Å²) >= 11 is 0. The van der Waals surface area contributed by atoms with Crippen molar-refractivity contribution in [3.8, 4) is 0 Å². The van der Waals surface area contributed by atoms with Gasteiger partial charge in [-0.3, -0.25) is 4.79 Å². The molecule has 3 rings (SSSR count). The zero-order valence-corrected chi connectivity index (χ0v) is 12.5. The average Bonchev–Trinajstić information content (AvgIpc) is 3.00. The van der Waals surface area contributed by atoms with Crippen molar-refractivity contribution in [1.82, 2.24) is 0 Å². The number of halogens is 1. The minimum absolute atomic E-state index is 0.323. The van der Waals surface area contributed by atoms with Gasteiger partial charge in [-0.05, 0) is 60.7 Å². The second kappa shape index (κ2) is 6.60. The standard InChI is InChI=1S/C18H16FNO3/c19-15-5-2-6-16(10-15)20-17(21)11-23-18(22)14-8-7-12-3-1-4-13(12)9-14/h2,5-10H,1,3-4,11H2,(H,20,21). The van der Waals surface area contributed by atoms with Gasteiger partial charge in [0.05, 0.1) is 5.56 Å². The highest BCUT2D eigenvalue weighted by atomic mass is 19.1. The number of carbonyl (C=O) groups excluding carboxylic acids is 2. The molecule has 0 saturated heterocycles. The Balaban J connectivity index is 1.55. The van der Waals surface area contributed by atoms with Gasteiger partial charge >= 0.3 is 5.97 Å². The number of carbonyl (C=O) groups is 2. The van der Waals surface area contributed by atoms with Crippen LogP contribution in [0.25, 0.3) is 0 Å². The second-order valence-electron chi connectivity index (χ2n) is 5.47. The zero-order valence-electron chi connectivity index (χ0n) is 12.5. The maximum atomic E-state index is 13.0. The summed E-state index contributed by atoms with van der Waals surface area (Å²) in [6.45, 7) is -0.410. The monoisotopic (exact) mass is 313 g/mol. The molecule has 118 valence electrons. The Morgan fingerprint density at radius 1 is 1.09 bits per heavy atom. The smallest absolute Gasteiger partial charge is 0.338 e. The van der Waals surface area contributed by atoms with Crippen LogP contribution < -0.4 is 5.32 Å². The predicted molar refractivity (Wildman–Crippen MR) is 83.8 cm³/mol. The van der Waals surface area contributed by atoms with Gasteiger partial charge in [-0.1, -0.05) is 12.1 Å². The number of ether oxygens (including phenoxy) is 1. The molecule has 0 saturated carbocycles. The molecule has 1 amide bonds. The van der Waals surface area contributed by atoms with Crippen molar-refractivity contribution in [2.24, 2.45) is 0 Å². The molecular formula is C18H16FNO3. The summed E-state index contributed by atoms with van der Waals surface area (Å²) in [6, 6.07) is 11.0. The highest BCUT2D eigenvalue weighted by Gasteiger charge is 2.15. The Labute approximate surface area is 133 Å². The molecule has 0 atom stereocenters. The molecule has 2 aromatic rings. The number of fused-ring (bicyclic) bond motifs is 1. The summed E-state index contributed by atoms with van der Waals surface area (Å²) in [4.78, 5) is 23.7. The summed E-state index contributed by atoms with van der Waals surface area (Å²) in [5, 5.41) is 2.48. The summed E-state index contributed by atoms with van der Waals surface area (Å²) in [5.41, 5.74) is 3.21. The fraction of sp³-hybridized carbons (Fsp3) is 0.222. The molecular weight excluding hydrogens is 297 g/mol. The van der Waals surface area contributed by atoms with Crippen LogP contribution in [-0.2, 0) is 22.4 Å². The van der Waals surface area contributed by atoms with Crippen LogP contribution in [0.3, 0.4) is 0 Å². The minimum Gasteiger partial charge on any atom is -0.452 e. The summed E-state index contributed by atoms with van der Waals surface area (Å²) in [6.07, 6.45) is 3.11. The molecule has 0 unspecified atom stereocenters. The van der Waals surface area contributed by atoms with Crippen LogP contribution in [0.2, 0.25) is 0 Å². The molecule has 0 bridgehead atoms. The number of amides is 1. The number of anilines is 1. The molecule has 2 aromatic carbocycles. The largest absolute Gasteiger partial charge is 0.452 e. The van der Waals surface area contributed by atoms with Gasteiger partial charge in [0.25, 0.3) is 5.91 Å². The van der Waals surface area contributed by atoms with Crippen molar-refractivity contribution in [3.05, 3.63) is 65.0 Å². The van der Waals surface area contributed by atoms with E-state index in [4.69, 9.17) is 4.74 Å². The summed E-state index contributed by atoms with van der Waals surface area (Å²) in [5.74, 6) is -1.49. The number of rotatable bonds is 4. The van der Waals surface area contributed by atoms with Gasteiger partial charge < -0.3 is 10.1 Å². The lowest BCUT2D eigenvalue weighted by Gasteiger charge is -2.08. The first-order valence-electron chi connectivity index (χ1n) is 7.46. The van der Waals surface area contributed by atoms with Crippen molar-refractivity contribution in [2.75, 3.05) is 11.9 Å². The van der Waals surface area contributed by atoms with Crippen LogP contribution in [-0.4, -0.2) is 18.5 Å². The first-order chi connectivity index (χ1) is 11.1. The van der Waals surface area contributed by atoms with Crippen LogP contribution in [0, 0.1) is 5.82 Å². The number of hydrogen-bond donors (Lipinski definition) is 1. The molecule has 1 N–H and O–H groups in total. The Kier molecular flexibility index (Phi) is 4.37. The van der Waals surface area contributed by atoms with Gasteiger partial charge in [-0.15, -0.1) is 0 Å². The van der Waals surface area contributed by atoms with Crippen molar-refractivity contribution < 1.29 is 18.7 Å². The van der Waals surface area contributed by atoms with E-state index < -0.39 is 24.3 Å². The molecule has 0 spiro atoms. The molecule has 0 fully saturated rings. The third kappa shape index (κ3) is 3.74. The fourth-order valence-corrected chi connectivity index (χ4v) is 2.68. The Morgan fingerprint density at radius 3 is 2.74 bits per heavy atom. The van der Waals surface area contributed by atoms with E-state index in [9.17, 15) is 14.0 Å². The van der Waals surface area contributed by atoms with Gasteiger partial charge in [0, 0.05) is 5.69 Å². The van der Waals surface area contributed by atoms with Crippen molar-refractivity contribution in [1.29, 1.82) is 0 Å². The quantitative estimate of drug-likeness (QED) is 0.882. The van der Waals surface area contributed by atoms with E-state index in [1.807, 2.05) is 12.1 Å². The molecule has 0 aliphatic heterocycles. The Morgan fingerprint density at radius 2 is 1.91 bits per heavy atom. The van der Waals surface area contributed by atoms with Gasteiger partial charge in [-0.25, -0.2) is 9.18 Å². The van der Waals surface area contributed by atoms with E-state index in [0.29, 0.717) is 11.3 Å². The maximum Gasteiger partial charge on any atom is 0.338 e. The number of hydrogen-bond acceptors (Lipinski definition) is 3. The van der Waals surface area contributed by atoms with Gasteiger partial charge in [-0.2, -0.15) is 0 Å². The minimum atomic E-state index is -0.533. The Bertz CT molecular complexity index is 758. The number of esters is 1. The first-order valence-corrected chi connectivity index (χ1v) is 7.46. The fourth-order valence-electron chi connectivity index (χ4n) is 2.68. The van der Waals surface area contributed by atoms with Crippen LogP contribution in [0.15, 0.2) is 42.5 Å². The van der Waals surface area contributed by atoms with Gasteiger partial charge in [0.15, 0.2) is 6.61 Å². The summed E-state index contributed by atoms with van der Waals surface area (Å²) in [7, 11) is 0. The number of benzene rings is 2. The summed E-state index contributed by atoms with van der Waals surface area (Å²) < 4.78 is 18.0. The van der Waals surface area contributed by atoms with E-state index in [0.717, 1.165) is 19.3 Å². The molecule has 1 aliphatic rings. The van der Waals surface area contributed by atoms with Crippen LogP contribution in [0.4, 0.5) is 10.1 Å². The molecule has 1 aliphatic carbocycles. The average molecular weight is 313 g/mol. The van der Waals surface area contributed by atoms with E-state index in [1.165, 1.54) is 29.3 Å². The third-order valence-electron chi connectivity index (χ3n) is 3.78. The molecule has 23 heavy (non-hydrogen) atoms. The first kappa shape index (κ1) is 15.2. The zero-order chi connectivity index (χ0) is 16.2. The highest BCUT2D eigenvalue weighted by Crippen LogP contribution is 2.23. The Hall–Kier alpha value is -2.69. The normalized spacial score (nSPS) is 12.6. The lowest BCUT2D eigenvalue weighted by Crippen LogP contribution is -2.21. The third-order valence-corrected chi connectivity index (χ3v) is 3.78. The van der Waals surface area contributed by atoms with Crippen molar-refractivity contribution in [3.63, 3.8) is 0 Å². The second-order valence-corrected chi connectivity index (χ2v) is 5.47. The van der Waals surface area contributed by atoms with E-state index in [-0.39, 0.29) is 0 Å². The van der Waals surface area contributed by atoms with Gasteiger partial charge in [0.1, 0.15) is 5.82 Å². The van der Waals surface area contributed by atoms with E-state index >= 15 is 0 Å². The van der Waals surface area contributed by atoms with Crippen LogP contribution >= 0.6 is 0 Å². The molecule has 4 nitrogen and oxygen atoms in total. The lowest BCUT2D eigenvalue weighted by atomic mass is 10.1. The predicted octanol–water partition coefficient (Wildman–Crippen LogP) is 3.11. The number of aryl methyl sites for hydroxylation is 2.